The van der Waals surface area contributed by atoms with Crippen molar-refractivity contribution >= 4 is 28.2 Å². The summed E-state index contributed by atoms with van der Waals surface area (Å²) >= 11 is 0. The highest BCUT2D eigenvalue weighted by molar-refractivity contribution is 6.16. The van der Waals surface area contributed by atoms with Gasteiger partial charge in [-0.25, -0.2) is 4.39 Å². The highest BCUT2D eigenvalue weighted by Gasteiger charge is 2.37. The monoisotopic (exact) mass is 535 g/mol. The van der Waals surface area contributed by atoms with E-state index >= 15 is 0 Å². The third-order valence-corrected chi connectivity index (χ3v) is 7.86. The largest absolute Gasteiger partial charge is 0.508 e. The molecule has 9 nitrogen and oxygen atoms in total. The van der Waals surface area contributed by atoms with Gasteiger partial charge < -0.3 is 29.7 Å². The van der Waals surface area contributed by atoms with Gasteiger partial charge in [-0.05, 0) is 54.8 Å². The Kier molecular flexibility index (Phi) is 6.99. The second kappa shape index (κ2) is 10.6. The van der Waals surface area contributed by atoms with E-state index in [9.17, 15) is 14.3 Å². The molecule has 0 bridgehead atoms. The molecule has 0 radical (unpaired) electrons. The summed E-state index contributed by atoms with van der Waals surface area (Å²) in [5.74, 6) is 0.520. The van der Waals surface area contributed by atoms with Crippen molar-refractivity contribution in [3.05, 3.63) is 46.9 Å². The Bertz CT molecular complexity index is 1410. The number of aromatic hydroxyl groups is 1. The molecule has 6 rings (SSSR count). The lowest BCUT2D eigenvalue weighted by Crippen LogP contribution is -2.31. The minimum Gasteiger partial charge on any atom is -0.508 e. The number of aromatic nitrogens is 2. The van der Waals surface area contributed by atoms with E-state index in [-0.39, 0.29) is 36.1 Å². The number of anilines is 2. The first kappa shape index (κ1) is 25.8. The number of halogens is 1. The number of ether oxygens (including phenoxy) is 2. The second-order valence-corrected chi connectivity index (χ2v) is 10.7. The molecule has 0 unspecified atom stereocenters. The van der Waals surface area contributed by atoms with E-state index in [1.165, 1.54) is 12.1 Å². The van der Waals surface area contributed by atoms with Crippen LogP contribution in [0.25, 0.3) is 10.8 Å². The average molecular weight is 536 g/mol. The standard InChI is InChI=1S/C29H34FN5O4/c1-3-21-22(30)6-5-18-12-20(36)13-24(25(18)21)35-15-23-26(28(35)37)27(34-7-4-9-38-10-8-34)33-29(32-23)39-16-19-11-17(2)14-31-19/h5-6,12-13,17,19,31,36H,3-4,7-11,14-16H2,1-2H3/t17-,19+/m1/s1. The van der Waals surface area contributed by atoms with Crippen molar-refractivity contribution in [3.8, 4) is 11.8 Å². The number of nitrogens with one attached hydrogen (secondary N) is 1. The Labute approximate surface area is 226 Å². The maximum absolute atomic E-state index is 14.9. The highest BCUT2D eigenvalue weighted by atomic mass is 19.1. The van der Waals surface area contributed by atoms with Crippen molar-refractivity contribution in [1.82, 2.24) is 15.3 Å². The zero-order chi connectivity index (χ0) is 27.1. The van der Waals surface area contributed by atoms with E-state index < -0.39 is 0 Å². The van der Waals surface area contributed by atoms with Crippen LogP contribution in [-0.4, -0.2) is 66.5 Å². The Balaban J connectivity index is 1.41. The number of rotatable bonds is 6. The van der Waals surface area contributed by atoms with Gasteiger partial charge in [-0.1, -0.05) is 19.9 Å². The van der Waals surface area contributed by atoms with Gasteiger partial charge in [0.2, 0.25) is 0 Å². The third kappa shape index (κ3) is 4.87. The molecule has 0 saturated carbocycles. The van der Waals surface area contributed by atoms with Crippen molar-refractivity contribution in [2.75, 3.05) is 49.3 Å². The lowest BCUT2D eigenvalue weighted by Gasteiger charge is -2.24. The number of phenols is 1. The van der Waals surface area contributed by atoms with Crippen LogP contribution in [0.2, 0.25) is 0 Å². The lowest BCUT2D eigenvalue weighted by atomic mass is 9.99. The van der Waals surface area contributed by atoms with Crippen LogP contribution in [0.1, 0.15) is 48.3 Å². The maximum atomic E-state index is 14.9. The molecule has 4 heterocycles. The van der Waals surface area contributed by atoms with Crippen LogP contribution in [0.5, 0.6) is 11.8 Å². The fourth-order valence-corrected chi connectivity index (χ4v) is 5.97. The first-order valence-electron chi connectivity index (χ1n) is 13.8. The molecule has 2 aromatic carbocycles. The molecule has 3 aromatic rings. The minimum absolute atomic E-state index is 0.00760. The molecule has 10 heteroatoms. The molecule has 0 spiro atoms. The zero-order valence-corrected chi connectivity index (χ0v) is 22.4. The molecular formula is C29H34FN5O4. The summed E-state index contributed by atoms with van der Waals surface area (Å²) in [6.07, 6.45) is 2.28. The summed E-state index contributed by atoms with van der Waals surface area (Å²) in [4.78, 5) is 27.1. The number of aryl methyl sites for hydroxylation is 1. The van der Waals surface area contributed by atoms with Crippen LogP contribution in [0.4, 0.5) is 15.9 Å². The van der Waals surface area contributed by atoms with E-state index in [2.05, 4.69) is 22.1 Å². The van der Waals surface area contributed by atoms with Gasteiger partial charge in [-0.2, -0.15) is 9.97 Å². The summed E-state index contributed by atoms with van der Waals surface area (Å²) in [5, 5.41) is 15.3. The Hall–Kier alpha value is -3.50. The molecule has 206 valence electrons. The number of hydrogen-bond acceptors (Lipinski definition) is 8. The van der Waals surface area contributed by atoms with E-state index in [1.807, 2.05) is 6.92 Å². The van der Waals surface area contributed by atoms with Crippen LogP contribution in [0.3, 0.4) is 0 Å². The summed E-state index contributed by atoms with van der Waals surface area (Å²) in [7, 11) is 0. The van der Waals surface area contributed by atoms with Gasteiger partial charge in [-0.3, -0.25) is 4.79 Å². The third-order valence-electron chi connectivity index (χ3n) is 7.86. The van der Waals surface area contributed by atoms with Gasteiger partial charge in [0.15, 0.2) is 0 Å². The Morgan fingerprint density at radius 2 is 2.10 bits per heavy atom. The SMILES string of the molecule is CCc1c(F)ccc2cc(O)cc(N3Cc4nc(OC[C@@H]5C[C@@H](C)CN5)nc(N5CCCOCC5)c4C3=O)c12. The van der Waals surface area contributed by atoms with Gasteiger partial charge >= 0.3 is 6.01 Å². The predicted molar refractivity (Wildman–Crippen MR) is 146 cm³/mol. The topological polar surface area (TPSA) is 100 Å². The average Bonchev–Trinajstić information content (AvgIpc) is 3.36. The van der Waals surface area contributed by atoms with Crippen LogP contribution in [0.15, 0.2) is 24.3 Å². The molecule has 39 heavy (non-hydrogen) atoms. The highest BCUT2D eigenvalue weighted by Crippen LogP contribution is 2.41. The van der Waals surface area contributed by atoms with Crippen LogP contribution >= 0.6 is 0 Å². The van der Waals surface area contributed by atoms with Crippen LogP contribution < -0.4 is 19.9 Å². The van der Waals surface area contributed by atoms with E-state index in [4.69, 9.17) is 14.5 Å². The number of benzene rings is 2. The second-order valence-electron chi connectivity index (χ2n) is 10.7. The van der Waals surface area contributed by atoms with Gasteiger partial charge in [0, 0.05) is 37.2 Å². The smallest absolute Gasteiger partial charge is 0.318 e. The van der Waals surface area contributed by atoms with Gasteiger partial charge in [0.25, 0.3) is 5.91 Å². The number of carbonyl (C=O) groups excluding carboxylic acids is 1. The first-order valence-corrected chi connectivity index (χ1v) is 13.8. The van der Waals surface area contributed by atoms with Crippen molar-refractivity contribution in [1.29, 1.82) is 0 Å². The first-order chi connectivity index (χ1) is 18.9. The van der Waals surface area contributed by atoms with Gasteiger partial charge in [0.05, 0.1) is 24.5 Å². The lowest BCUT2D eigenvalue weighted by molar-refractivity contribution is 0.0997. The number of nitrogens with zero attached hydrogens (tertiary/aromatic N) is 4. The fraction of sp³-hybridized carbons (Fsp3) is 0.483. The molecule has 2 fully saturated rings. The maximum Gasteiger partial charge on any atom is 0.318 e. The number of fused-ring (bicyclic) bond motifs is 2. The van der Waals surface area contributed by atoms with Crippen LogP contribution in [-0.2, 0) is 17.7 Å². The van der Waals surface area contributed by atoms with Gasteiger partial charge in [0.1, 0.15) is 29.6 Å². The summed E-state index contributed by atoms with van der Waals surface area (Å²) in [6.45, 7) is 8.13. The predicted octanol–water partition coefficient (Wildman–Crippen LogP) is 3.80. The minimum atomic E-state index is -0.336. The van der Waals surface area contributed by atoms with Crippen molar-refractivity contribution < 1.29 is 23.8 Å². The number of amides is 1. The van der Waals surface area contributed by atoms with E-state index in [0.717, 1.165) is 19.4 Å². The molecule has 0 aliphatic carbocycles. The summed E-state index contributed by atoms with van der Waals surface area (Å²) < 4.78 is 26.6. The molecule has 2 atom stereocenters. The quantitative estimate of drug-likeness (QED) is 0.492. The molecular weight excluding hydrogens is 501 g/mol. The molecule has 2 N–H and O–H groups in total. The summed E-state index contributed by atoms with van der Waals surface area (Å²) in [5.41, 5.74) is 1.94. The molecule has 1 aromatic heterocycles. The number of phenolic OH excluding ortho intramolecular Hbond substituents is 1. The molecule has 3 aliphatic rings. The van der Waals surface area contributed by atoms with E-state index in [0.29, 0.717) is 84.3 Å². The van der Waals surface area contributed by atoms with Gasteiger partial charge in [-0.15, -0.1) is 0 Å². The summed E-state index contributed by atoms with van der Waals surface area (Å²) in [6, 6.07) is 6.63. The Morgan fingerprint density at radius 3 is 2.90 bits per heavy atom. The van der Waals surface area contributed by atoms with E-state index in [1.54, 1.807) is 17.0 Å². The zero-order valence-electron chi connectivity index (χ0n) is 22.4. The normalized spacial score (nSPS) is 21.5. The van der Waals surface area contributed by atoms with Crippen molar-refractivity contribution in [3.63, 3.8) is 0 Å². The Morgan fingerprint density at radius 1 is 1.23 bits per heavy atom. The number of carbonyl (C=O) groups is 1. The van der Waals surface area contributed by atoms with Crippen LogP contribution in [0, 0.1) is 11.7 Å². The fourth-order valence-electron chi connectivity index (χ4n) is 5.97. The molecule has 3 aliphatic heterocycles. The molecule has 1 amide bonds. The number of hydrogen-bond donors (Lipinski definition) is 2. The van der Waals surface area contributed by atoms with Crippen molar-refractivity contribution in [2.24, 2.45) is 5.92 Å². The molecule has 2 saturated heterocycles. The van der Waals surface area contributed by atoms with Crippen molar-refractivity contribution in [2.45, 2.75) is 45.7 Å².